The molecule has 0 bridgehead atoms. The summed E-state index contributed by atoms with van der Waals surface area (Å²) < 4.78 is 0. The summed E-state index contributed by atoms with van der Waals surface area (Å²) in [4.78, 5) is 10.9. The molecule has 0 spiro atoms. The average molecular weight is 209 g/mol. The van der Waals surface area contributed by atoms with Crippen LogP contribution in [-0.4, -0.2) is 6.29 Å². The van der Waals surface area contributed by atoms with Crippen LogP contribution >= 0.6 is 0 Å². The van der Waals surface area contributed by atoms with Crippen molar-refractivity contribution in [3.63, 3.8) is 0 Å². The molecule has 0 unspecified atom stereocenters. The van der Waals surface area contributed by atoms with Crippen LogP contribution in [0, 0.1) is 0 Å². The highest BCUT2D eigenvalue weighted by atomic mass is 16.1. The second-order valence-electron chi connectivity index (χ2n) is 3.65. The van der Waals surface area contributed by atoms with Crippen LogP contribution in [-0.2, 0) is 4.79 Å². The van der Waals surface area contributed by atoms with Crippen molar-refractivity contribution in [1.29, 1.82) is 0 Å². The fourth-order valence-corrected chi connectivity index (χ4v) is 1.87. The Balaban J connectivity index is 2.68. The molecule has 0 saturated heterocycles. The fourth-order valence-electron chi connectivity index (χ4n) is 1.87. The van der Waals surface area contributed by atoms with Crippen molar-refractivity contribution < 1.29 is 4.79 Å². The Morgan fingerprint density at radius 2 is 1.94 bits per heavy atom. The van der Waals surface area contributed by atoms with Gasteiger partial charge in [0, 0.05) is 5.57 Å². The van der Waals surface area contributed by atoms with Crippen molar-refractivity contribution in [2.45, 2.75) is 13.3 Å². The summed E-state index contributed by atoms with van der Waals surface area (Å²) in [5, 5.41) is 2.25. The van der Waals surface area contributed by atoms with Gasteiger partial charge in [0.2, 0.25) is 6.29 Å². The van der Waals surface area contributed by atoms with E-state index in [9.17, 15) is 4.79 Å². The minimum Gasteiger partial charge on any atom is -0.285 e. The molecule has 0 saturated carbocycles. The summed E-state index contributed by atoms with van der Waals surface area (Å²) in [6.07, 6.45) is 4.78. The number of hydrogen-bond donors (Lipinski definition) is 0. The van der Waals surface area contributed by atoms with E-state index in [0.29, 0.717) is 5.57 Å². The highest BCUT2D eigenvalue weighted by molar-refractivity contribution is 6.12. The van der Waals surface area contributed by atoms with E-state index < -0.39 is 0 Å². The molecule has 16 heavy (non-hydrogen) atoms. The molecule has 0 fully saturated rings. The van der Waals surface area contributed by atoms with Crippen molar-refractivity contribution in [3.05, 3.63) is 54.1 Å². The summed E-state index contributed by atoms with van der Waals surface area (Å²) in [7, 11) is 0. The topological polar surface area (TPSA) is 17.1 Å². The molecule has 0 aromatic heterocycles. The van der Waals surface area contributed by atoms with Gasteiger partial charge in [-0.05, 0) is 22.8 Å². The van der Waals surface area contributed by atoms with Gasteiger partial charge in [-0.2, -0.15) is 0 Å². The zero-order chi connectivity index (χ0) is 11.4. The second kappa shape index (κ2) is 4.75. The molecule has 2 aromatic carbocycles. The van der Waals surface area contributed by atoms with E-state index in [4.69, 9.17) is 0 Å². The quantitative estimate of drug-likeness (QED) is 0.704. The third kappa shape index (κ3) is 1.89. The van der Waals surface area contributed by atoms with Gasteiger partial charge in [0.15, 0.2) is 0 Å². The van der Waals surface area contributed by atoms with Crippen molar-refractivity contribution in [2.75, 3.05) is 0 Å². The molecule has 79 valence electrons. The molecule has 0 aliphatic carbocycles. The third-order valence-electron chi connectivity index (χ3n) is 2.60. The van der Waals surface area contributed by atoms with Gasteiger partial charge in [-0.15, -0.1) is 0 Å². The lowest BCUT2D eigenvalue weighted by molar-refractivity contribution is 0.565. The third-order valence-corrected chi connectivity index (χ3v) is 2.60. The molecule has 0 amide bonds. The highest BCUT2D eigenvalue weighted by Crippen LogP contribution is 2.24. The predicted octanol–water partition coefficient (Wildman–Crippen LogP) is 3.74. The standard InChI is InChI=1S/C15H13O/c1-2-6-13(11-16)15-10-5-8-12-7-3-4-9-14(12)15/h3-10H,2H2,1H3/b13-6-. The van der Waals surface area contributed by atoms with E-state index in [1.165, 1.54) is 0 Å². The lowest BCUT2D eigenvalue weighted by Crippen LogP contribution is -1.87. The Bertz CT molecular complexity index is 533. The average Bonchev–Trinajstić information content (AvgIpc) is 2.35. The first-order chi connectivity index (χ1) is 7.86. The van der Waals surface area contributed by atoms with Gasteiger partial charge in [-0.3, -0.25) is 4.79 Å². The Labute approximate surface area is 95.4 Å². The number of carbonyl (C=O) groups excluding carboxylic acids is 1. The monoisotopic (exact) mass is 209 g/mol. The van der Waals surface area contributed by atoms with E-state index in [-0.39, 0.29) is 0 Å². The van der Waals surface area contributed by atoms with E-state index >= 15 is 0 Å². The van der Waals surface area contributed by atoms with Crippen molar-refractivity contribution in [2.24, 2.45) is 0 Å². The largest absolute Gasteiger partial charge is 0.285 e. The van der Waals surface area contributed by atoms with Gasteiger partial charge in [-0.25, -0.2) is 0 Å². The maximum atomic E-state index is 10.9. The molecule has 1 radical (unpaired) electrons. The smallest absolute Gasteiger partial charge is 0.233 e. The summed E-state index contributed by atoms with van der Waals surface area (Å²) in [6, 6.07) is 14.1. The minimum absolute atomic E-state index is 0.652. The SMILES string of the molecule is CC/C=C(/[C]=O)c1cccc2ccccc12. The molecule has 0 atom stereocenters. The molecule has 0 aliphatic rings. The Kier molecular flexibility index (Phi) is 3.16. The second-order valence-corrected chi connectivity index (χ2v) is 3.65. The maximum absolute atomic E-state index is 10.9. The zero-order valence-corrected chi connectivity index (χ0v) is 9.23. The molecule has 2 rings (SSSR count). The summed E-state index contributed by atoms with van der Waals surface area (Å²) in [5.41, 5.74) is 1.62. The van der Waals surface area contributed by atoms with Gasteiger partial charge in [0.1, 0.15) is 0 Å². The van der Waals surface area contributed by atoms with Gasteiger partial charge in [0.05, 0.1) is 0 Å². The summed E-state index contributed by atoms with van der Waals surface area (Å²) >= 11 is 0. The van der Waals surface area contributed by atoms with Crippen LogP contribution in [0.5, 0.6) is 0 Å². The van der Waals surface area contributed by atoms with Crippen LogP contribution < -0.4 is 0 Å². The lowest BCUT2D eigenvalue weighted by Gasteiger charge is -2.05. The van der Waals surface area contributed by atoms with E-state index in [0.717, 1.165) is 22.8 Å². The van der Waals surface area contributed by atoms with Crippen LogP contribution in [0.2, 0.25) is 0 Å². The van der Waals surface area contributed by atoms with Gasteiger partial charge in [0.25, 0.3) is 0 Å². The van der Waals surface area contributed by atoms with Crippen LogP contribution in [0.25, 0.3) is 16.3 Å². The molecule has 0 aliphatic heterocycles. The normalized spacial score (nSPS) is 11.7. The molecular weight excluding hydrogens is 196 g/mol. The van der Waals surface area contributed by atoms with E-state index in [1.807, 2.05) is 61.8 Å². The van der Waals surface area contributed by atoms with Crippen molar-refractivity contribution in [1.82, 2.24) is 0 Å². The Hall–Kier alpha value is -1.89. The Morgan fingerprint density at radius 3 is 2.69 bits per heavy atom. The summed E-state index contributed by atoms with van der Waals surface area (Å²) in [5.74, 6) is 0. The highest BCUT2D eigenvalue weighted by Gasteiger charge is 2.04. The minimum atomic E-state index is 0.652. The number of allylic oxidation sites excluding steroid dienone is 2. The molecule has 1 nitrogen and oxygen atoms in total. The summed E-state index contributed by atoms with van der Waals surface area (Å²) in [6.45, 7) is 2.02. The number of fused-ring (bicyclic) bond motifs is 1. The van der Waals surface area contributed by atoms with Gasteiger partial charge >= 0.3 is 0 Å². The molecular formula is C15H13O. The van der Waals surface area contributed by atoms with Gasteiger partial charge in [-0.1, -0.05) is 55.5 Å². The predicted molar refractivity (Wildman–Crippen MR) is 67.9 cm³/mol. The van der Waals surface area contributed by atoms with Gasteiger partial charge < -0.3 is 0 Å². The molecule has 0 N–H and O–H groups in total. The fraction of sp³-hybridized carbons (Fsp3) is 0.133. The first-order valence-corrected chi connectivity index (χ1v) is 5.43. The first-order valence-electron chi connectivity index (χ1n) is 5.43. The number of benzene rings is 2. The van der Waals surface area contributed by atoms with Crippen molar-refractivity contribution in [3.8, 4) is 0 Å². The lowest BCUT2D eigenvalue weighted by atomic mass is 9.98. The number of hydrogen-bond acceptors (Lipinski definition) is 1. The first kappa shape index (κ1) is 10.6. The molecule has 1 heteroatoms. The maximum Gasteiger partial charge on any atom is 0.233 e. The number of rotatable bonds is 3. The molecule has 2 aromatic rings. The van der Waals surface area contributed by atoms with Crippen LogP contribution in [0.3, 0.4) is 0 Å². The van der Waals surface area contributed by atoms with Crippen molar-refractivity contribution >= 4 is 22.6 Å². The molecule has 0 heterocycles. The van der Waals surface area contributed by atoms with E-state index in [2.05, 4.69) is 0 Å². The van der Waals surface area contributed by atoms with Crippen LogP contribution in [0.4, 0.5) is 0 Å². The van der Waals surface area contributed by atoms with Crippen LogP contribution in [0.15, 0.2) is 48.5 Å². The van der Waals surface area contributed by atoms with E-state index in [1.54, 1.807) is 0 Å². The Morgan fingerprint density at radius 1 is 1.19 bits per heavy atom. The van der Waals surface area contributed by atoms with Crippen LogP contribution in [0.1, 0.15) is 18.9 Å². The zero-order valence-electron chi connectivity index (χ0n) is 9.23.